The topological polar surface area (TPSA) is 120 Å². The lowest BCUT2D eigenvalue weighted by molar-refractivity contribution is -0.384. The predicted molar refractivity (Wildman–Crippen MR) is 73.4 cm³/mol. The zero-order chi connectivity index (χ0) is 15.8. The highest BCUT2D eigenvalue weighted by Gasteiger charge is 2.45. The first-order chi connectivity index (χ1) is 9.78. The third kappa shape index (κ3) is 2.56. The number of rotatable bonds is 5. The summed E-state index contributed by atoms with van der Waals surface area (Å²) in [5.74, 6) is -1.15. The van der Waals surface area contributed by atoms with Crippen molar-refractivity contribution in [1.82, 2.24) is 9.78 Å². The lowest BCUT2D eigenvalue weighted by Gasteiger charge is -2.24. The fourth-order valence-corrected chi connectivity index (χ4v) is 2.35. The van der Waals surface area contributed by atoms with Gasteiger partial charge in [0.05, 0.1) is 11.5 Å². The molecule has 0 bridgehead atoms. The molecular weight excluding hydrogens is 280 g/mol. The minimum atomic E-state index is -1.35. The van der Waals surface area contributed by atoms with E-state index in [2.05, 4.69) is 10.4 Å². The Morgan fingerprint density at radius 3 is 2.71 bits per heavy atom. The van der Waals surface area contributed by atoms with E-state index < -0.39 is 16.4 Å². The Morgan fingerprint density at radius 1 is 1.62 bits per heavy atom. The van der Waals surface area contributed by atoms with Crippen molar-refractivity contribution in [2.45, 2.75) is 31.7 Å². The van der Waals surface area contributed by atoms with Gasteiger partial charge in [0.1, 0.15) is 5.69 Å². The standard InChI is InChI=1S/C12H18N4O5/c1-7(2)8-9(16(19)20)10(15(3)14-8)13-12(11(17)18)4-5-21-6-12/h7,13H,4-6H2,1-3H3,(H,17,18). The van der Waals surface area contributed by atoms with Crippen LogP contribution >= 0.6 is 0 Å². The van der Waals surface area contributed by atoms with Crippen LogP contribution in [0.15, 0.2) is 0 Å². The molecule has 1 saturated heterocycles. The highest BCUT2D eigenvalue weighted by atomic mass is 16.6. The number of hydrogen-bond donors (Lipinski definition) is 2. The number of nitro groups is 1. The van der Waals surface area contributed by atoms with E-state index >= 15 is 0 Å². The number of carbonyl (C=O) groups is 1. The first-order valence-electron chi connectivity index (χ1n) is 6.59. The van der Waals surface area contributed by atoms with E-state index in [1.165, 1.54) is 4.68 Å². The van der Waals surface area contributed by atoms with Gasteiger partial charge in [-0.25, -0.2) is 9.48 Å². The summed E-state index contributed by atoms with van der Waals surface area (Å²) in [4.78, 5) is 22.3. The molecule has 116 valence electrons. The van der Waals surface area contributed by atoms with Crippen LogP contribution < -0.4 is 5.32 Å². The molecular formula is C12H18N4O5. The fraction of sp³-hybridized carbons (Fsp3) is 0.667. The number of nitrogens with one attached hydrogen (secondary N) is 1. The van der Waals surface area contributed by atoms with Crippen molar-refractivity contribution < 1.29 is 19.6 Å². The number of ether oxygens (including phenoxy) is 1. The van der Waals surface area contributed by atoms with Gasteiger partial charge >= 0.3 is 11.7 Å². The number of carboxylic acids is 1. The van der Waals surface area contributed by atoms with E-state index in [1.807, 2.05) is 0 Å². The maximum absolute atomic E-state index is 11.5. The van der Waals surface area contributed by atoms with Crippen LogP contribution in [0.4, 0.5) is 11.5 Å². The first kappa shape index (κ1) is 15.2. The maximum Gasteiger partial charge on any atom is 0.334 e. The van der Waals surface area contributed by atoms with Crippen molar-refractivity contribution in [1.29, 1.82) is 0 Å². The van der Waals surface area contributed by atoms with Gasteiger partial charge in [-0.2, -0.15) is 5.10 Å². The summed E-state index contributed by atoms with van der Waals surface area (Å²) in [6.45, 7) is 3.85. The Morgan fingerprint density at radius 2 is 2.29 bits per heavy atom. The summed E-state index contributed by atoms with van der Waals surface area (Å²) in [6, 6.07) is 0. The number of nitrogens with zero attached hydrogens (tertiary/aromatic N) is 3. The van der Waals surface area contributed by atoms with Gasteiger partial charge in [0.25, 0.3) is 0 Å². The lowest BCUT2D eigenvalue weighted by Crippen LogP contribution is -2.47. The van der Waals surface area contributed by atoms with Gasteiger partial charge in [0.15, 0.2) is 5.54 Å². The average molecular weight is 298 g/mol. The summed E-state index contributed by atoms with van der Waals surface area (Å²) in [5, 5.41) is 27.7. The van der Waals surface area contributed by atoms with Gasteiger partial charge in [0.2, 0.25) is 5.82 Å². The van der Waals surface area contributed by atoms with Crippen molar-refractivity contribution in [2.24, 2.45) is 7.05 Å². The Labute approximate surface area is 121 Å². The van der Waals surface area contributed by atoms with Gasteiger partial charge in [-0.1, -0.05) is 13.8 Å². The molecule has 0 spiro atoms. The highest BCUT2D eigenvalue weighted by Crippen LogP contribution is 2.36. The number of aliphatic carboxylic acids is 1. The monoisotopic (exact) mass is 298 g/mol. The SMILES string of the molecule is CC(C)c1nn(C)c(NC2(C(=O)O)CCOC2)c1[N+](=O)[O-]. The zero-order valence-electron chi connectivity index (χ0n) is 12.1. The molecule has 1 atom stereocenters. The normalized spacial score (nSPS) is 21.7. The van der Waals surface area contributed by atoms with Gasteiger partial charge < -0.3 is 15.2 Å². The molecule has 0 aromatic carbocycles. The van der Waals surface area contributed by atoms with E-state index in [4.69, 9.17) is 4.74 Å². The van der Waals surface area contributed by atoms with E-state index in [-0.39, 0.29) is 30.5 Å². The van der Waals surface area contributed by atoms with Crippen molar-refractivity contribution in [3.63, 3.8) is 0 Å². The average Bonchev–Trinajstić information content (AvgIpc) is 2.96. The molecule has 1 aromatic heterocycles. The number of carboxylic acid groups (broad SMARTS) is 1. The summed E-state index contributed by atoms with van der Waals surface area (Å²) in [5.41, 5.74) is -1.21. The van der Waals surface area contributed by atoms with Crippen LogP contribution in [0.1, 0.15) is 31.9 Å². The molecule has 0 radical (unpaired) electrons. The molecule has 1 aromatic rings. The molecule has 9 nitrogen and oxygen atoms in total. The molecule has 1 aliphatic heterocycles. The molecule has 2 N–H and O–H groups in total. The Bertz CT molecular complexity index is 574. The lowest BCUT2D eigenvalue weighted by atomic mass is 9.99. The smallest absolute Gasteiger partial charge is 0.334 e. The molecule has 1 fully saturated rings. The zero-order valence-corrected chi connectivity index (χ0v) is 12.1. The fourth-order valence-electron chi connectivity index (χ4n) is 2.35. The summed E-state index contributed by atoms with van der Waals surface area (Å²) in [6.07, 6.45) is 0.238. The van der Waals surface area contributed by atoms with E-state index in [0.29, 0.717) is 12.3 Å². The van der Waals surface area contributed by atoms with E-state index in [0.717, 1.165) is 0 Å². The van der Waals surface area contributed by atoms with Crippen LogP contribution in [-0.4, -0.2) is 44.5 Å². The Hall–Kier alpha value is -2.16. The maximum atomic E-state index is 11.5. The second-order valence-electron chi connectivity index (χ2n) is 5.43. The minimum absolute atomic E-state index is 0.0400. The first-order valence-corrected chi connectivity index (χ1v) is 6.59. The molecule has 1 unspecified atom stereocenters. The van der Waals surface area contributed by atoms with Gasteiger partial charge in [0, 0.05) is 26.0 Å². The third-order valence-electron chi connectivity index (χ3n) is 3.57. The van der Waals surface area contributed by atoms with E-state index in [1.54, 1.807) is 20.9 Å². The largest absolute Gasteiger partial charge is 0.479 e. The van der Waals surface area contributed by atoms with Crippen molar-refractivity contribution in [3.05, 3.63) is 15.8 Å². The molecule has 0 amide bonds. The number of aromatic nitrogens is 2. The molecule has 0 saturated carbocycles. The van der Waals surface area contributed by atoms with Crippen LogP contribution in [0, 0.1) is 10.1 Å². The predicted octanol–water partition coefficient (Wildman–Crippen LogP) is 1.11. The van der Waals surface area contributed by atoms with Crippen LogP contribution in [0.25, 0.3) is 0 Å². The summed E-state index contributed by atoms with van der Waals surface area (Å²) < 4.78 is 6.46. The molecule has 21 heavy (non-hydrogen) atoms. The van der Waals surface area contributed by atoms with Gasteiger partial charge in [-0.3, -0.25) is 10.1 Å². The van der Waals surface area contributed by atoms with Gasteiger partial charge in [-0.15, -0.1) is 0 Å². The molecule has 9 heteroatoms. The highest BCUT2D eigenvalue weighted by molar-refractivity contribution is 5.84. The van der Waals surface area contributed by atoms with Crippen molar-refractivity contribution >= 4 is 17.5 Å². The Balaban J connectivity index is 2.48. The van der Waals surface area contributed by atoms with Crippen LogP contribution in [0.3, 0.4) is 0 Å². The summed E-state index contributed by atoms with van der Waals surface area (Å²) >= 11 is 0. The third-order valence-corrected chi connectivity index (χ3v) is 3.57. The number of anilines is 1. The van der Waals surface area contributed by atoms with Crippen LogP contribution in [0.5, 0.6) is 0 Å². The second-order valence-corrected chi connectivity index (χ2v) is 5.43. The molecule has 1 aliphatic rings. The quantitative estimate of drug-likeness (QED) is 0.617. The number of aryl methyl sites for hydroxylation is 1. The van der Waals surface area contributed by atoms with Crippen LogP contribution in [-0.2, 0) is 16.6 Å². The van der Waals surface area contributed by atoms with Gasteiger partial charge in [-0.05, 0) is 0 Å². The van der Waals surface area contributed by atoms with Crippen molar-refractivity contribution in [3.8, 4) is 0 Å². The van der Waals surface area contributed by atoms with Crippen LogP contribution in [0.2, 0.25) is 0 Å². The minimum Gasteiger partial charge on any atom is -0.479 e. The Kier molecular flexibility index (Phi) is 3.86. The van der Waals surface area contributed by atoms with E-state index in [9.17, 15) is 20.0 Å². The van der Waals surface area contributed by atoms with Crippen molar-refractivity contribution in [2.75, 3.05) is 18.5 Å². The second kappa shape index (κ2) is 5.32. The summed E-state index contributed by atoms with van der Waals surface area (Å²) in [7, 11) is 1.55. The molecule has 0 aliphatic carbocycles. The molecule has 2 heterocycles. The molecule has 2 rings (SSSR count). The number of hydrogen-bond acceptors (Lipinski definition) is 6.